The first-order valence-corrected chi connectivity index (χ1v) is 11.7. The Morgan fingerprint density at radius 2 is 2.00 bits per heavy atom. The third-order valence-corrected chi connectivity index (χ3v) is 8.91. The van der Waals surface area contributed by atoms with Crippen LogP contribution in [-0.2, 0) is 14.4 Å². The molecule has 3 unspecified atom stereocenters. The molecule has 3 aliphatic heterocycles. The summed E-state index contributed by atoms with van der Waals surface area (Å²) in [6.07, 6.45) is 3.41. The minimum atomic E-state index is -0.650. The number of hydrogen-bond acceptors (Lipinski definition) is 5. The lowest BCUT2D eigenvalue weighted by atomic mass is 9.70. The van der Waals surface area contributed by atoms with Crippen LogP contribution in [-0.4, -0.2) is 69.5 Å². The maximum atomic E-state index is 13.7. The maximum absolute atomic E-state index is 13.7. The molecular weight excluding hydrogens is 390 g/mol. The number of amides is 3. The Labute approximate surface area is 177 Å². The molecule has 8 heteroatoms. The zero-order chi connectivity index (χ0) is 21.5. The second-order valence-corrected chi connectivity index (χ2v) is 10.7. The number of fused-ring (bicyclic) bond motifs is 1. The average Bonchev–Trinajstić information content (AvgIpc) is 3.29. The van der Waals surface area contributed by atoms with Gasteiger partial charge in [0, 0.05) is 18.3 Å². The molecule has 7 nitrogen and oxygen atoms in total. The van der Waals surface area contributed by atoms with Gasteiger partial charge < -0.3 is 20.6 Å². The fourth-order valence-corrected chi connectivity index (χ4v) is 7.87. The number of aliphatic hydroxyl groups excluding tert-OH is 1. The Morgan fingerprint density at radius 1 is 1.31 bits per heavy atom. The summed E-state index contributed by atoms with van der Waals surface area (Å²) in [6.45, 7) is 7.77. The van der Waals surface area contributed by atoms with Crippen molar-refractivity contribution in [1.82, 2.24) is 15.5 Å². The molecule has 3 aliphatic rings. The van der Waals surface area contributed by atoms with Gasteiger partial charge in [0.05, 0.1) is 29.2 Å². The highest BCUT2D eigenvalue weighted by molar-refractivity contribution is 8.02. The number of carbonyl (C=O) groups excluding carboxylic acids is 3. The molecule has 3 heterocycles. The van der Waals surface area contributed by atoms with Gasteiger partial charge in [0.2, 0.25) is 17.7 Å². The van der Waals surface area contributed by atoms with Crippen LogP contribution in [0.15, 0.2) is 0 Å². The van der Waals surface area contributed by atoms with Crippen LogP contribution in [0.2, 0.25) is 0 Å². The molecule has 0 aliphatic carbocycles. The van der Waals surface area contributed by atoms with E-state index in [0.29, 0.717) is 0 Å². The lowest BCUT2D eigenvalue weighted by molar-refractivity contribution is -0.143. The lowest BCUT2D eigenvalue weighted by Gasteiger charge is -2.39. The standard InChI is InChI=1S/C21H35N3O4S/c1-6-7-12(4)23-19(27)17-21-9-8-14(29-21)15(18(26)22-5)16(21)20(28)24(17)13(10-25)11(2)3/h11-17,25H,6-10H2,1-5H3,(H,22,26)(H,23,27)/t12?,13-,14-,15+,16-,17?,21?/m0/s1. The molecule has 0 radical (unpaired) electrons. The molecule has 1 spiro atoms. The van der Waals surface area contributed by atoms with Gasteiger partial charge in [-0.25, -0.2) is 0 Å². The van der Waals surface area contributed by atoms with Gasteiger partial charge in [-0.3, -0.25) is 14.4 Å². The number of thioether (sulfide) groups is 1. The average molecular weight is 426 g/mol. The minimum Gasteiger partial charge on any atom is -0.394 e. The van der Waals surface area contributed by atoms with Gasteiger partial charge in [-0.1, -0.05) is 27.2 Å². The van der Waals surface area contributed by atoms with E-state index < -0.39 is 28.7 Å². The molecule has 3 rings (SSSR count). The molecule has 3 amide bonds. The number of nitrogens with zero attached hydrogens (tertiary/aromatic N) is 1. The van der Waals surface area contributed by atoms with Crippen molar-refractivity contribution < 1.29 is 19.5 Å². The molecule has 2 bridgehead atoms. The lowest BCUT2D eigenvalue weighted by Crippen LogP contribution is -2.58. The van der Waals surface area contributed by atoms with E-state index in [4.69, 9.17) is 0 Å². The Kier molecular flexibility index (Phi) is 6.53. The van der Waals surface area contributed by atoms with E-state index in [1.807, 2.05) is 20.8 Å². The topological polar surface area (TPSA) is 98.7 Å². The zero-order valence-corrected chi connectivity index (χ0v) is 18.9. The van der Waals surface area contributed by atoms with Crippen molar-refractivity contribution in [3.8, 4) is 0 Å². The van der Waals surface area contributed by atoms with Crippen LogP contribution in [0.1, 0.15) is 53.4 Å². The van der Waals surface area contributed by atoms with E-state index in [9.17, 15) is 19.5 Å². The van der Waals surface area contributed by atoms with Crippen molar-refractivity contribution in [1.29, 1.82) is 0 Å². The van der Waals surface area contributed by atoms with Gasteiger partial charge in [0.25, 0.3) is 0 Å². The monoisotopic (exact) mass is 425 g/mol. The molecule has 0 aromatic rings. The van der Waals surface area contributed by atoms with Gasteiger partial charge in [0.15, 0.2) is 0 Å². The van der Waals surface area contributed by atoms with E-state index >= 15 is 0 Å². The van der Waals surface area contributed by atoms with E-state index in [1.54, 1.807) is 23.7 Å². The molecule has 29 heavy (non-hydrogen) atoms. The second kappa shape index (κ2) is 8.46. The van der Waals surface area contributed by atoms with Crippen LogP contribution >= 0.6 is 11.8 Å². The number of carbonyl (C=O) groups is 3. The van der Waals surface area contributed by atoms with Crippen LogP contribution in [0.4, 0.5) is 0 Å². The molecular formula is C21H35N3O4S. The summed E-state index contributed by atoms with van der Waals surface area (Å²) in [6, 6.07) is -1.07. The Hall–Kier alpha value is -1.28. The quantitative estimate of drug-likeness (QED) is 0.542. The Bertz CT molecular complexity index is 672. The number of nitrogens with one attached hydrogen (secondary N) is 2. The first-order chi connectivity index (χ1) is 13.7. The predicted octanol–water partition coefficient (Wildman–Crippen LogP) is 1.15. The minimum absolute atomic E-state index is 0.00296. The van der Waals surface area contributed by atoms with Crippen molar-refractivity contribution in [2.75, 3.05) is 13.7 Å². The summed E-state index contributed by atoms with van der Waals surface area (Å²) < 4.78 is -0.586. The van der Waals surface area contributed by atoms with Crippen molar-refractivity contribution in [2.24, 2.45) is 17.8 Å². The highest BCUT2D eigenvalue weighted by Gasteiger charge is 2.74. The van der Waals surface area contributed by atoms with Crippen molar-refractivity contribution in [2.45, 2.75) is 81.5 Å². The van der Waals surface area contributed by atoms with Crippen molar-refractivity contribution >= 4 is 29.5 Å². The van der Waals surface area contributed by atoms with E-state index in [1.165, 1.54) is 0 Å². The normalized spacial score (nSPS) is 35.0. The third kappa shape index (κ3) is 3.46. The molecule has 0 aromatic carbocycles. The van der Waals surface area contributed by atoms with E-state index in [0.717, 1.165) is 25.7 Å². The van der Waals surface area contributed by atoms with Gasteiger partial charge in [-0.15, -0.1) is 11.8 Å². The van der Waals surface area contributed by atoms with Gasteiger partial charge in [-0.2, -0.15) is 0 Å². The van der Waals surface area contributed by atoms with Crippen molar-refractivity contribution in [3.63, 3.8) is 0 Å². The van der Waals surface area contributed by atoms with Crippen LogP contribution in [0, 0.1) is 17.8 Å². The zero-order valence-electron chi connectivity index (χ0n) is 18.1. The first kappa shape index (κ1) is 22.4. The van der Waals surface area contributed by atoms with Gasteiger partial charge in [0.1, 0.15) is 6.04 Å². The number of hydrogen-bond donors (Lipinski definition) is 3. The molecule has 3 fully saturated rings. The fraction of sp³-hybridized carbons (Fsp3) is 0.857. The highest BCUT2D eigenvalue weighted by Crippen LogP contribution is 2.66. The second-order valence-electron chi connectivity index (χ2n) is 9.11. The predicted molar refractivity (Wildman–Crippen MR) is 113 cm³/mol. The van der Waals surface area contributed by atoms with Crippen LogP contribution in [0.5, 0.6) is 0 Å². The number of aliphatic hydroxyl groups is 1. The summed E-state index contributed by atoms with van der Waals surface area (Å²) in [5, 5.41) is 16.0. The molecule has 0 aromatic heterocycles. The fourth-order valence-electron chi connectivity index (χ4n) is 5.66. The third-order valence-electron chi connectivity index (χ3n) is 6.96. The summed E-state index contributed by atoms with van der Waals surface area (Å²) in [4.78, 5) is 41.5. The highest BCUT2D eigenvalue weighted by atomic mass is 32.2. The van der Waals surface area contributed by atoms with Crippen LogP contribution in [0.3, 0.4) is 0 Å². The summed E-state index contributed by atoms with van der Waals surface area (Å²) in [5.74, 6) is -1.32. The largest absolute Gasteiger partial charge is 0.394 e. The molecule has 0 saturated carbocycles. The van der Waals surface area contributed by atoms with Gasteiger partial charge >= 0.3 is 0 Å². The number of likely N-dealkylation sites (tertiary alicyclic amines) is 1. The van der Waals surface area contributed by atoms with Gasteiger partial charge in [-0.05, 0) is 32.1 Å². The maximum Gasteiger partial charge on any atom is 0.244 e. The molecule has 7 atom stereocenters. The summed E-state index contributed by atoms with van der Waals surface area (Å²) in [7, 11) is 1.60. The smallest absolute Gasteiger partial charge is 0.244 e. The molecule has 3 N–H and O–H groups in total. The van der Waals surface area contributed by atoms with E-state index in [-0.39, 0.29) is 41.5 Å². The Balaban J connectivity index is 2.03. The first-order valence-electron chi connectivity index (χ1n) is 10.9. The molecule has 164 valence electrons. The van der Waals surface area contributed by atoms with E-state index in [2.05, 4.69) is 17.6 Å². The van der Waals surface area contributed by atoms with Crippen molar-refractivity contribution in [3.05, 3.63) is 0 Å². The molecule has 3 saturated heterocycles. The van der Waals surface area contributed by atoms with Crippen LogP contribution in [0.25, 0.3) is 0 Å². The summed E-state index contributed by atoms with van der Waals surface area (Å²) in [5.41, 5.74) is 0. The summed E-state index contributed by atoms with van der Waals surface area (Å²) >= 11 is 1.66. The van der Waals surface area contributed by atoms with Crippen LogP contribution < -0.4 is 10.6 Å². The Morgan fingerprint density at radius 3 is 2.55 bits per heavy atom. The SMILES string of the molecule is CCCC(C)NC(=O)C1N([C@@H](CO)C(C)C)C(=O)[C@@H]2[C@H](C(=O)NC)[C@@H]3CCC12S3. The number of rotatable bonds is 8.